The highest BCUT2D eigenvalue weighted by Crippen LogP contribution is 2.43. The summed E-state index contributed by atoms with van der Waals surface area (Å²) in [5.74, 6) is -1.21. The second-order valence-corrected chi connectivity index (χ2v) is 6.31. The number of hydrogen-bond acceptors (Lipinski definition) is 5. The minimum absolute atomic E-state index is 0.172. The Hall–Kier alpha value is 0.0900. The lowest BCUT2D eigenvalue weighted by Gasteiger charge is -2.26. The van der Waals surface area contributed by atoms with E-state index in [0.29, 0.717) is 6.61 Å². The fraction of sp³-hybridized carbons (Fsp3) is 1.00. The Bertz CT molecular complexity index is 345. The summed E-state index contributed by atoms with van der Waals surface area (Å²) in [5.41, 5.74) is -0.505. The lowest BCUT2D eigenvalue weighted by molar-refractivity contribution is -0.199. The van der Waals surface area contributed by atoms with Crippen LogP contribution in [0.2, 0.25) is 0 Å². The highest BCUT2D eigenvalue weighted by atomic mass is 35.5. The van der Waals surface area contributed by atoms with Gasteiger partial charge >= 0.3 is 0 Å². The van der Waals surface area contributed by atoms with E-state index in [-0.39, 0.29) is 24.4 Å². The minimum atomic E-state index is -0.626. The van der Waals surface area contributed by atoms with E-state index in [1.165, 1.54) is 0 Å². The van der Waals surface area contributed by atoms with Crippen LogP contribution in [0.1, 0.15) is 27.7 Å². The van der Waals surface area contributed by atoms with Crippen molar-refractivity contribution in [2.24, 2.45) is 0 Å². The van der Waals surface area contributed by atoms with Gasteiger partial charge in [-0.05, 0) is 27.7 Å². The maximum atomic E-state index is 6.16. The van der Waals surface area contributed by atoms with Crippen LogP contribution in [0.3, 0.4) is 0 Å². The number of rotatable bonds is 1. The molecule has 104 valence electrons. The molecule has 6 heteroatoms. The van der Waals surface area contributed by atoms with Crippen molar-refractivity contribution in [1.82, 2.24) is 0 Å². The topological polar surface area (TPSA) is 46.2 Å². The first-order chi connectivity index (χ1) is 8.27. The van der Waals surface area contributed by atoms with Gasteiger partial charge in [-0.1, -0.05) is 11.6 Å². The summed E-state index contributed by atoms with van der Waals surface area (Å²) in [7, 11) is 0. The van der Waals surface area contributed by atoms with Crippen LogP contribution in [-0.4, -0.2) is 48.2 Å². The highest BCUT2D eigenvalue weighted by Gasteiger charge is 2.58. The normalized spacial score (nSPS) is 49.5. The van der Waals surface area contributed by atoms with Crippen LogP contribution in [0.25, 0.3) is 0 Å². The van der Waals surface area contributed by atoms with Gasteiger partial charge in [0, 0.05) is 0 Å². The third kappa shape index (κ3) is 2.17. The summed E-state index contributed by atoms with van der Waals surface area (Å²) in [6.45, 7) is 8.00. The van der Waals surface area contributed by atoms with Gasteiger partial charge < -0.3 is 23.7 Å². The molecule has 3 saturated heterocycles. The molecule has 0 spiro atoms. The molecule has 3 fully saturated rings. The van der Waals surface area contributed by atoms with E-state index in [1.807, 2.05) is 27.7 Å². The van der Waals surface area contributed by atoms with Crippen molar-refractivity contribution in [1.29, 1.82) is 0 Å². The van der Waals surface area contributed by atoms with Gasteiger partial charge in [-0.2, -0.15) is 0 Å². The summed E-state index contributed by atoms with van der Waals surface area (Å²) in [6, 6.07) is 0. The van der Waals surface area contributed by atoms with Crippen LogP contribution < -0.4 is 0 Å². The monoisotopic (exact) mass is 278 g/mol. The van der Waals surface area contributed by atoms with Gasteiger partial charge in [0.1, 0.15) is 24.4 Å². The fourth-order valence-corrected chi connectivity index (χ4v) is 3.07. The van der Waals surface area contributed by atoms with Crippen LogP contribution in [-0.2, 0) is 23.7 Å². The molecule has 0 bridgehead atoms. The van der Waals surface area contributed by atoms with Crippen molar-refractivity contribution < 1.29 is 23.7 Å². The number of hydrogen-bond donors (Lipinski definition) is 0. The second-order valence-electron chi connectivity index (χ2n) is 5.88. The molecule has 0 N–H and O–H groups in total. The Kier molecular flexibility index (Phi) is 2.94. The minimum Gasteiger partial charge on any atom is -0.351 e. The molecule has 3 aliphatic heterocycles. The molecule has 3 rings (SSSR count). The van der Waals surface area contributed by atoms with Crippen LogP contribution >= 0.6 is 11.6 Å². The molecule has 0 amide bonds. The van der Waals surface area contributed by atoms with E-state index in [2.05, 4.69) is 0 Å². The molecule has 5 atom stereocenters. The van der Waals surface area contributed by atoms with E-state index in [4.69, 9.17) is 35.3 Å². The van der Waals surface area contributed by atoms with E-state index in [1.54, 1.807) is 0 Å². The summed E-state index contributed by atoms with van der Waals surface area (Å²) in [4.78, 5) is 0. The molecular weight excluding hydrogens is 260 g/mol. The van der Waals surface area contributed by atoms with Crippen molar-refractivity contribution in [3.63, 3.8) is 0 Å². The van der Waals surface area contributed by atoms with E-state index < -0.39 is 17.1 Å². The predicted octanol–water partition coefficient (Wildman–Crippen LogP) is 1.62. The second kappa shape index (κ2) is 4.04. The van der Waals surface area contributed by atoms with Crippen molar-refractivity contribution in [2.45, 2.75) is 69.2 Å². The van der Waals surface area contributed by atoms with E-state index in [0.717, 1.165) is 0 Å². The Morgan fingerprint density at radius 1 is 0.889 bits per heavy atom. The molecule has 18 heavy (non-hydrogen) atoms. The lowest BCUT2D eigenvalue weighted by atomic mass is 10.1. The van der Waals surface area contributed by atoms with Crippen molar-refractivity contribution in [2.75, 3.05) is 6.61 Å². The third-order valence-corrected chi connectivity index (χ3v) is 3.78. The average Bonchev–Trinajstić information content (AvgIpc) is 2.81. The number of ether oxygens (including phenoxy) is 5. The molecule has 0 radical (unpaired) electrons. The van der Waals surface area contributed by atoms with Crippen LogP contribution in [0, 0.1) is 0 Å². The molecule has 0 aromatic rings. The molecule has 0 aliphatic carbocycles. The first-order valence-electron chi connectivity index (χ1n) is 6.24. The average molecular weight is 279 g/mol. The first kappa shape index (κ1) is 13.1. The molecule has 3 aliphatic rings. The van der Waals surface area contributed by atoms with Gasteiger partial charge in [0.25, 0.3) is 0 Å². The van der Waals surface area contributed by atoms with Gasteiger partial charge in [0.15, 0.2) is 17.1 Å². The zero-order chi connectivity index (χ0) is 13.1. The van der Waals surface area contributed by atoms with Gasteiger partial charge in [-0.25, -0.2) is 0 Å². The summed E-state index contributed by atoms with van der Waals surface area (Å²) >= 11 is 6.16. The van der Waals surface area contributed by atoms with Gasteiger partial charge in [-0.15, -0.1) is 0 Å². The maximum absolute atomic E-state index is 6.16. The quantitative estimate of drug-likeness (QED) is 0.682. The number of halogens is 1. The Morgan fingerprint density at radius 3 is 2.17 bits per heavy atom. The largest absolute Gasteiger partial charge is 0.351 e. The Morgan fingerprint density at radius 2 is 1.56 bits per heavy atom. The Labute approximate surface area is 112 Å². The predicted molar refractivity (Wildman–Crippen MR) is 63.2 cm³/mol. The third-order valence-electron chi connectivity index (χ3n) is 3.43. The molecule has 3 heterocycles. The standard InChI is InChI=1S/C12H19ClO5/c1-11(2)14-5-6(16-11)7-8-9(10(13)15-7)18-12(3,4)17-8/h6-10H,5H2,1-4H3/t6-,7+,8-,9-,10-/m0/s1. The molecule has 0 unspecified atom stereocenters. The summed E-state index contributed by atoms with van der Waals surface area (Å²) in [6.07, 6.45) is -0.876. The van der Waals surface area contributed by atoms with Crippen LogP contribution in [0.4, 0.5) is 0 Å². The van der Waals surface area contributed by atoms with Gasteiger partial charge in [-0.3, -0.25) is 0 Å². The zero-order valence-corrected chi connectivity index (χ0v) is 11.8. The Balaban J connectivity index is 1.75. The fourth-order valence-electron chi connectivity index (χ4n) is 2.76. The van der Waals surface area contributed by atoms with Crippen molar-refractivity contribution in [3.05, 3.63) is 0 Å². The number of alkyl halides is 1. The molecule has 0 saturated carbocycles. The van der Waals surface area contributed by atoms with E-state index >= 15 is 0 Å². The zero-order valence-electron chi connectivity index (χ0n) is 11.0. The maximum Gasteiger partial charge on any atom is 0.164 e. The molecular formula is C12H19ClO5. The van der Waals surface area contributed by atoms with Crippen molar-refractivity contribution in [3.8, 4) is 0 Å². The highest BCUT2D eigenvalue weighted by molar-refractivity contribution is 6.20. The molecule has 0 aromatic carbocycles. The lowest BCUT2D eigenvalue weighted by Crippen LogP contribution is -2.40. The number of fused-ring (bicyclic) bond motifs is 1. The smallest absolute Gasteiger partial charge is 0.164 e. The summed E-state index contributed by atoms with van der Waals surface area (Å²) in [5, 5.41) is 0. The summed E-state index contributed by atoms with van der Waals surface area (Å²) < 4.78 is 28.7. The van der Waals surface area contributed by atoms with Gasteiger partial charge in [0.05, 0.1) is 6.61 Å². The van der Waals surface area contributed by atoms with Gasteiger partial charge in [0.2, 0.25) is 0 Å². The first-order valence-corrected chi connectivity index (χ1v) is 6.68. The van der Waals surface area contributed by atoms with Crippen LogP contribution in [0.5, 0.6) is 0 Å². The molecule has 5 nitrogen and oxygen atoms in total. The van der Waals surface area contributed by atoms with E-state index in [9.17, 15) is 0 Å². The SMILES string of the molecule is CC1(C)O[C@H]2[C@@H]([C@@H]3COC(C)(C)O3)O[C@H](Cl)[C@H]2O1. The van der Waals surface area contributed by atoms with Crippen LogP contribution in [0.15, 0.2) is 0 Å². The molecule has 0 aromatic heterocycles. The van der Waals surface area contributed by atoms with Crippen molar-refractivity contribution >= 4 is 11.6 Å².